The van der Waals surface area contributed by atoms with E-state index in [9.17, 15) is 24.1 Å². The Balaban J connectivity index is 1.48. The summed E-state index contributed by atoms with van der Waals surface area (Å²) in [6.45, 7) is 3.47. The quantitative estimate of drug-likeness (QED) is 0.192. The third-order valence-corrected chi connectivity index (χ3v) is 10.3. The molecule has 1 saturated heterocycles. The van der Waals surface area contributed by atoms with Crippen molar-refractivity contribution in [3.63, 3.8) is 0 Å². The summed E-state index contributed by atoms with van der Waals surface area (Å²) in [5.74, 6) is -1.37. The maximum Gasteiger partial charge on any atom is 0.351 e. The van der Waals surface area contributed by atoms with E-state index in [1.165, 1.54) is 33.0 Å². The Morgan fingerprint density at radius 1 is 1.09 bits per heavy atom. The fourth-order valence-corrected chi connectivity index (χ4v) is 7.61. The molecule has 0 bridgehead atoms. The van der Waals surface area contributed by atoms with E-state index in [0.717, 1.165) is 68.8 Å². The number of aliphatic hydroxyl groups is 1. The number of nitrogens with two attached hydrogens (primary N) is 1. The first-order valence-corrected chi connectivity index (χ1v) is 17.0. The van der Waals surface area contributed by atoms with Crippen LogP contribution in [0.1, 0.15) is 91.2 Å². The van der Waals surface area contributed by atoms with Crippen LogP contribution in [0.25, 0.3) is 0 Å². The minimum atomic E-state index is -4.32. The van der Waals surface area contributed by atoms with Crippen LogP contribution < -0.4 is 21.6 Å². The van der Waals surface area contributed by atoms with Crippen LogP contribution in [0, 0.1) is 0 Å². The minimum Gasteiger partial charge on any atom is -0.461 e. The first kappa shape index (κ1) is 34.5. The molecule has 3 aliphatic rings. The number of ether oxygens (including phenoxy) is 3. The maximum atomic E-state index is 15.5. The lowest BCUT2D eigenvalue weighted by molar-refractivity contribution is -0.152. The van der Waals surface area contributed by atoms with Crippen LogP contribution in [0.2, 0.25) is 0 Å². The number of nitrogens with zero attached hydrogens (tertiary/aromatic N) is 2. The number of carbonyl (C=O) groups excluding carboxylic acids is 2. The van der Waals surface area contributed by atoms with Gasteiger partial charge >= 0.3 is 25.3 Å². The molecule has 3 fully saturated rings. The van der Waals surface area contributed by atoms with Gasteiger partial charge in [-0.15, -0.1) is 0 Å². The molecule has 2 saturated carbocycles. The third kappa shape index (κ3) is 8.64. The summed E-state index contributed by atoms with van der Waals surface area (Å²) in [4.78, 5) is 41.7. The van der Waals surface area contributed by atoms with E-state index in [4.69, 9.17) is 24.5 Å². The fraction of sp³-hybridized carbons (Fsp3) is 0.786. The lowest BCUT2D eigenvalue weighted by Gasteiger charge is -2.32. The number of nitrogens with one attached hydrogen (secondary N) is 2. The van der Waals surface area contributed by atoms with Crippen LogP contribution in [0.15, 0.2) is 17.1 Å². The molecular formula is C28H45FN5O9P. The average Bonchev–Trinajstić information content (AvgIpc) is 3.21. The van der Waals surface area contributed by atoms with Crippen molar-refractivity contribution in [2.75, 3.05) is 12.3 Å². The molecule has 2 heterocycles. The molecule has 5 N–H and O–H groups in total. The van der Waals surface area contributed by atoms with Crippen molar-refractivity contribution in [2.45, 2.75) is 133 Å². The van der Waals surface area contributed by atoms with E-state index >= 15 is 4.39 Å². The number of rotatable bonds is 12. The van der Waals surface area contributed by atoms with E-state index < -0.39 is 68.1 Å². The summed E-state index contributed by atoms with van der Waals surface area (Å²) in [6, 6.07) is -0.971. The number of anilines is 1. The molecular weight excluding hydrogens is 600 g/mol. The molecule has 44 heavy (non-hydrogen) atoms. The number of aliphatic hydroxyl groups excluding tert-OH is 1. The summed E-state index contributed by atoms with van der Waals surface area (Å²) < 4.78 is 53.2. The first-order valence-electron chi connectivity index (χ1n) is 15.4. The number of hydrogen-bond donors (Lipinski definition) is 4. The highest BCUT2D eigenvalue weighted by Gasteiger charge is 2.55. The second-order valence-electron chi connectivity index (χ2n) is 12.2. The van der Waals surface area contributed by atoms with Crippen LogP contribution in [0.4, 0.5) is 10.2 Å². The molecule has 0 radical (unpaired) electrons. The first-order chi connectivity index (χ1) is 20.8. The molecule has 0 aromatic carbocycles. The number of hydrogen-bond acceptors (Lipinski definition) is 11. The Bertz CT molecular complexity index is 1210. The zero-order chi connectivity index (χ0) is 32.1. The number of esters is 2. The zero-order valence-corrected chi connectivity index (χ0v) is 26.4. The van der Waals surface area contributed by atoms with Gasteiger partial charge in [0.05, 0.1) is 6.61 Å². The highest BCUT2D eigenvalue weighted by molar-refractivity contribution is 7.54. The van der Waals surface area contributed by atoms with Crippen molar-refractivity contribution >= 4 is 25.4 Å². The maximum absolute atomic E-state index is 15.5. The molecule has 2 aliphatic carbocycles. The molecule has 1 aromatic heterocycles. The Morgan fingerprint density at radius 3 is 2.07 bits per heavy atom. The standard InChI is InChI=1S/C28H45FN5O9P/c1-17(25(36)41-19-10-6-4-7-11-19)32-44(39,33-18(2)26(37)42-20-12-8-5-9-13-20)40-16-28(3)23(29)22(35)24(43-28)34-15-14-21(30)31-27(34)38/h14-15,17-20,22-24,35H,4-13,16H2,1-3H3,(H2,30,31,38)(H2,32,33,39)/t17-,18-,22+,23-,24+,28+/m0/s1. The molecule has 248 valence electrons. The number of alkyl halides is 1. The molecule has 0 unspecified atom stereocenters. The van der Waals surface area contributed by atoms with E-state index in [1.807, 2.05) is 0 Å². The number of carbonyl (C=O) groups is 2. The van der Waals surface area contributed by atoms with Crippen molar-refractivity contribution < 1.29 is 42.4 Å². The van der Waals surface area contributed by atoms with Crippen LogP contribution in [-0.4, -0.2) is 75.4 Å². The Hall–Kier alpha value is -2.42. The van der Waals surface area contributed by atoms with Gasteiger partial charge in [-0.2, -0.15) is 4.98 Å². The van der Waals surface area contributed by atoms with E-state index in [0.29, 0.717) is 0 Å². The van der Waals surface area contributed by atoms with E-state index in [1.54, 1.807) is 0 Å². The van der Waals surface area contributed by atoms with Crippen molar-refractivity contribution in [2.24, 2.45) is 0 Å². The van der Waals surface area contributed by atoms with Crippen molar-refractivity contribution in [3.05, 3.63) is 22.7 Å². The van der Waals surface area contributed by atoms with Gasteiger partial charge in [0.1, 0.15) is 41.8 Å². The molecule has 0 amide bonds. The molecule has 6 atom stereocenters. The van der Waals surface area contributed by atoms with Gasteiger partial charge < -0.3 is 29.6 Å². The predicted molar refractivity (Wildman–Crippen MR) is 157 cm³/mol. The summed E-state index contributed by atoms with van der Waals surface area (Å²) in [7, 11) is -4.32. The second kappa shape index (κ2) is 14.8. The van der Waals surface area contributed by atoms with Gasteiger partial charge in [0.2, 0.25) is 0 Å². The molecule has 16 heteroatoms. The van der Waals surface area contributed by atoms with Gasteiger partial charge in [0, 0.05) is 6.20 Å². The molecule has 14 nitrogen and oxygen atoms in total. The highest BCUT2D eigenvalue weighted by atomic mass is 31.2. The van der Waals surface area contributed by atoms with Gasteiger partial charge in [-0.3, -0.25) is 18.7 Å². The Kier molecular flexibility index (Phi) is 11.6. The summed E-state index contributed by atoms with van der Waals surface area (Å²) in [6.07, 6.45) is 4.19. The third-order valence-electron chi connectivity index (χ3n) is 8.33. The second-order valence-corrected chi connectivity index (χ2v) is 14.1. The summed E-state index contributed by atoms with van der Waals surface area (Å²) in [5, 5.41) is 15.9. The van der Waals surface area contributed by atoms with Gasteiger partial charge in [0.25, 0.3) is 0 Å². The summed E-state index contributed by atoms with van der Waals surface area (Å²) >= 11 is 0. The van der Waals surface area contributed by atoms with E-state index in [-0.39, 0.29) is 18.0 Å². The van der Waals surface area contributed by atoms with Crippen LogP contribution >= 0.6 is 7.67 Å². The van der Waals surface area contributed by atoms with Crippen molar-refractivity contribution in [1.29, 1.82) is 0 Å². The summed E-state index contributed by atoms with van der Waals surface area (Å²) in [5.41, 5.74) is 2.76. The molecule has 1 aliphatic heterocycles. The zero-order valence-electron chi connectivity index (χ0n) is 25.5. The van der Waals surface area contributed by atoms with Crippen LogP contribution in [0.3, 0.4) is 0 Å². The van der Waals surface area contributed by atoms with Gasteiger partial charge in [-0.05, 0) is 78.2 Å². The normalized spacial score (nSPS) is 28.3. The SMILES string of the molecule is C[C@H](NP(=O)(N[C@@H](C)C(=O)OC1CCCCC1)OC[C@@]1(C)O[C@@H](n2ccc(N)nc2=O)[C@H](O)[C@@H]1F)C(=O)OC1CCCCC1. The van der Waals surface area contributed by atoms with Crippen molar-refractivity contribution in [3.8, 4) is 0 Å². The monoisotopic (exact) mass is 645 g/mol. The van der Waals surface area contributed by atoms with Gasteiger partial charge in [-0.25, -0.2) is 19.4 Å². The lowest BCUT2D eigenvalue weighted by Crippen LogP contribution is -2.46. The van der Waals surface area contributed by atoms with Crippen LogP contribution in [0.5, 0.6) is 0 Å². The topological polar surface area (TPSA) is 193 Å². The molecule has 4 rings (SSSR count). The number of halogens is 1. The average molecular weight is 646 g/mol. The van der Waals surface area contributed by atoms with Gasteiger partial charge in [0.15, 0.2) is 12.4 Å². The minimum absolute atomic E-state index is 0.0630. The van der Waals surface area contributed by atoms with Crippen LogP contribution in [-0.2, 0) is 32.9 Å². The number of nitrogen functional groups attached to an aromatic ring is 1. The fourth-order valence-electron chi connectivity index (χ4n) is 5.72. The Labute approximate surface area is 256 Å². The molecule has 0 spiro atoms. The smallest absolute Gasteiger partial charge is 0.351 e. The molecule has 1 aromatic rings. The van der Waals surface area contributed by atoms with Crippen molar-refractivity contribution in [1.82, 2.24) is 19.7 Å². The Morgan fingerprint density at radius 2 is 1.59 bits per heavy atom. The largest absolute Gasteiger partial charge is 0.461 e. The lowest BCUT2D eigenvalue weighted by atomic mass is 9.98. The highest BCUT2D eigenvalue weighted by Crippen LogP contribution is 2.45. The predicted octanol–water partition coefficient (Wildman–Crippen LogP) is 2.64. The van der Waals surface area contributed by atoms with E-state index in [2.05, 4.69) is 15.2 Å². The van der Waals surface area contributed by atoms with Gasteiger partial charge in [-0.1, -0.05) is 12.8 Å². The number of aromatic nitrogens is 2.